The average Bonchev–Trinajstić information content (AvgIpc) is 2.69. The second kappa shape index (κ2) is 11.6. The number of ketones is 1. The van der Waals surface area contributed by atoms with Crippen molar-refractivity contribution < 1.29 is 37.8 Å². The SMILES string of the molecule is CC(CF)C(NC(=O)OCc1ccccc1)C(=O)NC(CC(=O)O)C(=O)CF. The Morgan fingerprint density at radius 3 is 2.29 bits per heavy atom. The zero-order chi connectivity index (χ0) is 21.1. The van der Waals surface area contributed by atoms with Crippen LogP contribution in [0.1, 0.15) is 18.9 Å². The predicted octanol–water partition coefficient (Wildman–Crippen LogP) is 1.39. The van der Waals surface area contributed by atoms with Gasteiger partial charge in [-0.15, -0.1) is 0 Å². The standard InChI is InChI=1S/C18H22F2N2O6/c1-11(8-19)16(17(26)21-13(7-15(24)25)14(23)9-20)22-18(27)28-10-12-5-3-2-4-6-12/h2-6,11,13,16H,7-10H2,1H3,(H,21,26)(H,22,27)(H,24,25). The molecule has 0 spiro atoms. The van der Waals surface area contributed by atoms with Gasteiger partial charge < -0.3 is 20.5 Å². The van der Waals surface area contributed by atoms with Gasteiger partial charge in [-0.25, -0.2) is 9.18 Å². The first-order valence-electron chi connectivity index (χ1n) is 8.42. The molecular formula is C18H22F2N2O6. The number of nitrogens with one attached hydrogen (secondary N) is 2. The summed E-state index contributed by atoms with van der Waals surface area (Å²) in [6, 6.07) is 5.59. The van der Waals surface area contributed by atoms with Gasteiger partial charge in [0.05, 0.1) is 13.1 Å². The number of halogens is 2. The second-order valence-electron chi connectivity index (χ2n) is 6.07. The molecule has 28 heavy (non-hydrogen) atoms. The number of Topliss-reactive ketones (excluding diaryl/α,β-unsaturated/α-hetero) is 1. The van der Waals surface area contributed by atoms with E-state index >= 15 is 0 Å². The van der Waals surface area contributed by atoms with Gasteiger partial charge in [0.25, 0.3) is 0 Å². The molecule has 0 aliphatic heterocycles. The lowest BCUT2D eigenvalue weighted by atomic mass is 10.0. The lowest BCUT2D eigenvalue weighted by molar-refractivity contribution is -0.140. The zero-order valence-electron chi connectivity index (χ0n) is 15.2. The summed E-state index contributed by atoms with van der Waals surface area (Å²) >= 11 is 0. The number of aliphatic carboxylic acids is 1. The van der Waals surface area contributed by atoms with Crippen LogP contribution in [0.15, 0.2) is 30.3 Å². The highest BCUT2D eigenvalue weighted by molar-refractivity contribution is 5.94. The molecule has 10 heteroatoms. The molecule has 8 nitrogen and oxygen atoms in total. The molecule has 1 aromatic rings. The number of carbonyl (C=O) groups is 4. The Hall–Kier alpha value is -3.04. The highest BCUT2D eigenvalue weighted by atomic mass is 19.1. The summed E-state index contributed by atoms with van der Waals surface area (Å²) in [4.78, 5) is 46.6. The van der Waals surface area contributed by atoms with E-state index in [4.69, 9.17) is 9.84 Å². The predicted molar refractivity (Wildman–Crippen MR) is 93.9 cm³/mol. The molecule has 0 radical (unpaired) electrons. The zero-order valence-corrected chi connectivity index (χ0v) is 15.2. The van der Waals surface area contributed by atoms with Gasteiger partial charge in [-0.2, -0.15) is 0 Å². The first kappa shape index (κ1) is 23.0. The Morgan fingerprint density at radius 1 is 1.11 bits per heavy atom. The van der Waals surface area contributed by atoms with Gasteiger partial charge in [-0.05, 0) is 5.56 Å². The Bertz CT molecular complexity index is 686. The van der Waals surface area contributed by atoms with Crippen molar-refractivity contribution in [3.63, 3.8) is 0 Å². The Balaban J connectivity index is 2.76. The van der Waals surface area contributed by atoms with Crippen LogP contribution in [-0.4, -0.2) is 54.3 Å². The monoisotopic (exact) mass is 400 g/mol. The molecule has 3 unspecified atom stereocenters. The molecule has 0 heterocycles. The minimum atomic E-state index is -1.63. The van der Waals surface area contributed by atoms with E-state index in [9.17, 15) is 28.0 Å². The quantitative estimate of drug-likeness (QED) is 0.516. The first-order valence-corrected chi connectivity index (χ1v) is 8.42. The normalized spacial score (nSPS) is 13.7. The molecule has 1 rings (SSSR count). The maximum Gasteiger partial charge on any atom is 0.408 e. The van der Waals surface area contributed by atoms with E-state index in [1.165, 1.54) is 6.92 Å². The summed E-state index contributed by atoms with van der Waals surface area (Å²) < 4.78 is 30.6. The van der Waals surface area contributed by atoms with Crippen LogP contribution in [0.25, 0.3) is 0 Å². The largest absolute Gasteiger partial charge is 0.481 e. The van der Waals surface area contributed by atoms with Crippen molar-refractivity contribution >= 4 is 23.8 Å². The van der Waals surface area contributed by atoms with E-state index in [2.05, 4.69) is 5.32 Å². The van der Waals surface area contributed by atoms with Crippen LogP contribution in [0.4, 0.5) is 13.6 Å². The van der Waals surface area contributed by atoms with E-state index < -0.39 is 61.5 Å². The van der Waals surface area contributed by atoms with Crippen molar-refractivity contribution in [2.75, 3.05) is 13.3 Å². The summed E-state index contributed by atoms with van der Waals surface area (Å²) in [5.74, 6) is -4.60. The molecule has 0 bridgehead atoms. The van der Waals surface area contributed by atoms with Crippen LogP contribution < -0.4 is 10.6 Å². The smallest absolute Gasteiger partial charge is 0.408 e. The number of rotatable bonds is 11. The Morgan fingerprint density at radius 2 is 1.75 bits per heavy atom. The fourth-order valence-electron chi connectivity index (χ4n) is 2.22. The van der Waals surface area contributed by atoms with Crippen molar-refractivity contribution in [1.29, 1.82) is 0 Å². The van der Waals surface area contributed by atoms with E-state index in [0.29, 0.717) is 5.56 Å². The van der Waals surface area contributed by atoms with Crippen molar-refractivity contribution in [2.24, 2.45) is 5.92 Å². The number of carboxylic acid groups (broad SMARTS) is 1. The van der Waals surface area contributed by atoms with Crippen molar-refractivity contribution in [3.8, 4) is 0 Å². The molecule has 0 saturated carbocycles. The fourth-order valence-corrected chi connectivity index (χ4v) is 2.22. The molecule has 3 N–H and O–H groups in total. The van der Waals surface area contributed by atoms with Crippen LogP contribution >= 0.6 is 0 Å². The second-order valence-corrected chi connectivity index (χ2v) is 6.07. The minimum Gasteiger partial charge on any atom is -0.481 e. The van der Waals surface area contributed by atoms with Gasteiger partial charge in [0.2, 0.25) is 5.91 Å². The van der Waals surface area contributed by atoms with E-state index in [1.807, 2.05) is 5.32 Å². The third kappa shape index (κ3) is 7.68. The van der Waals surface area contributed by atoms with E-state index in [-0.39, 0.29) is 6.61 Å². The minimum absolute atomic E-state index is 0.0903. The number of alkyl halides is 2. The van der Waals surface area contributed by atoms with Crippen LogP contribution in [0, 0.1) is 5.92 Å². The molecule has 1 aromatic carbocycles. The molecule has 0 saturated heterocycles. The Labute approximate surface area is 160 Å². The van der Waals surface area contributed by atoms with Crippen LogP contribution in [0.5, 0.6) is 0 Å². The van der Waals surface area contributed by atoms with Gasteiger partial charge in [-0.1, -0.05) is 37.3 Å². The molecule has 154 valence electrons. The average molecular weight is 400 g/mol. The van der Waals surface area contributed by atoms with Crippen LogP contribution in [0.3, 0.4) is 0 Å². The number of carbonyl (C=O) groups excluding carboxylic acids is 3. The number of ether oxygens (including phenoxy) is 1. The van der Waals surface area contributed by atoms with Gasteiger partial charge in [0.15, 0.2) is 5.78 Å². The first-order chi connectivity index (χ1) is 13.3. The Kier molecular flexibility index (Phi) is 9.55. The van der Waals surface area contributed by atoms with Gasteiger partial charge >= 0.3 is 12.1 Å². The third-order valence-corrected chi connectivity index (χ3v) is 3.80. The molecule has 0 aliphatic rings. The lowest BCUT2D eigenvalue weighted by Crippen LogP contribution is -2.55. The number of carboxylic acids is 1. The van der Waals surface area contributed by atoms with Gasteiger partial charge in [0, 0.05) is 5.92 Å². The molecule has 3 atom stereocenters. The number of benzene rings is 1. The lowest BCUT2D eigenvalue weighted by Gasteiger charge is -2.24. The van der Waals surface area contributed by atoms with Crippen LogP contribution in [-0.2, 0) is 25.7 Å². The molecule has 0 fully saturated rings. The number of amides is 2. The summed E-state index contributed by atoms with van der Waals surface area (Å²) in [6.45, 7) is -1.23. The maximum atomic E-state index is 13.1. The summed E-state index contributed by atoms with van der Waals surface area (Å²) in [5, 5.41) is 13.0. The molecule has 0 aromatic heterocycles. The van der Waals surface area contributed by atoms with E-state index in [0.717, 1.165) is 0 Å². The summed E-state index contributed by atoms with van der Waals surface area (Å²) in [6.07, 6.45) is -1.85. The van der Waals surface area contributed by atoms with Crippen molar-refractivity contribution in [2.45, 2.75) is 32.0 Å². The van der Waals surface area contributed by atoms with Crippen molar-refractivity contribution in [3.05, 3.63) is 35.9 Å². The summed E-state index contributed by atoms with van der Waals surface area (Å²) in [7, 11) is 0. The molecular weight excluding hydrogens is 378 g/mol. The number of alkyl carbamates (subject to hydrolysis) is 1. The van der Waals surface area contributed by atoms with Crippen LogP contribution in [0.2, 0.25) is 0 Å². The van der Waals surface area contributed by atoms with Gasteiger partial charge in [0.1, 0.15) is 25.4 Å². The maximum absolute atomic E-state index is 13.1. The van der Waals surface area contributed by atoms with E-state index in [1.54, 1.807) is 30.3 Å². The molecule has 0 aliphatic carbocycles. The fraction of sp³-hybridized carbons (Fsp3) is 0.444. The number of hydrogen-bond donors (Lipinski definition) is 3. The topological polar surface area (TPSA) is 122 Å². The highest BCUT2D eigenvalue weighted by Crippen LogP contribution is 2.08. The highest BCUT2D eigenvalue weighted by Gasteiger charge is 2.31. The summed E-state index contributed by atoms with van der Waals surface area (Å²) in [5.41, 5.74) is 0.687. The number of hydrogen-bond acceptors (Lipinski definition) is 5. The molecule has 2 amide bonds. The van der Waals surface area contributed by atoms with Crippen molar-refractivity contribution in [1.82, 2.24) is 10.6 Å². The third-order valence-electron chi connectivity index (χ3n) is 3.80. The van der Waals surface area contributed by atoms with Gasteiger partial charge in [-0.3, -0.25) is 18.8 Å².